The van der Waals surface area contributed by atoms with Crippen molar-refractivity contribution in [1.82, 2.24) is 14.8 Å². The molecule has 0 aliphatic heterocycles. The summed E-state index contributed by atoms with van der Waals surface area (Å²) in [5.41, 5.74) is 2.41. The standard InChI is InChI=1S/C15H15N3S2/c1-10-8-13(20-11(10)2)9-18-14(16-17-15(18)19)12-6-4-3-5-7-12/h3-8H,9H2,1-2H3,(H,17,19). The number of thiophene rings is 1. The van der Waals surface area contributed by atoms with E-state index >= 15 is 0 Å². The Hall–Kier alpha value is -1.72. The van der Waals surface area contributed by atoms with Crippen molar-refractivity contribution in [1.29, 1.82) is 0 Å². The van der Waals surface area contributed by atoms with Crippen LogP contribution < -0.4 is 0 Å². The molecule has 5 heteroatoms. The lowest BCUT2D eigenvalue weighted by Crippen LogP contribution is -2.00. The third-order valence-corrected chi connectivity index (χ3v) is 4.77. The number of aromatic nitrogens is 3. The minimum Gasteiger partial charge on any atom is -0.295 e. The van der Waals surface area contributed by atoms with Gasteiger partial charge in [-0.2, -0.15) is 5.10 Å². The van der Waals surface area contributed by atoms with Crippen LogP contribution in [0.15, 0.2) is 36.4 Å². The maximum Gasteiger partial charge on any atom is 0.195 e. The number of aromatic amines is 1. The molecule has 0 amide bonds. The average Bonchev–Trinajstić information content (AvgIpc) is 2.96. The lowest BCUT2D eigenvalue weighted by Gasteiger charge is -2.05. The van der Waals surface area contributed by atoms with Crippen molar-refractivity contribution < 1.29 is 0 Å². The summed E-state index contributed by atoms with van der Waals surface area (Å²) in [5, 5.41) is 7.26. The van der Waals surface area contributed by atoms with E-state index in [0.29, 0.717) is 4.77 Å². The Labute approximate surface area is 126 Å². The summed E-state index contributed by atoms with van der Waals surface area (Å²) in [6.45, 7) is 5.05. The van der Waals surface area contributed by atoms with Gasteiger partial charge in [0.2, 0.25) is 0 Å². The van der Waals surface area contributed by atoms with Crippen molar-refractivity contribution in [3.8, 4) is 11.4 Å². The van der Waals surface area contributed by atoms with Gasteiger partial charge in [-0.05, 0) is 37.7 Å². The van der Waals surface area contributed by atoms with Gasteiger partial charge in [0.05, 0.1) is 6.54 Å². The van der Waals surface area contributed by atoms with E-state index in [1.54, 1.807) is 0 Å². The SMILES string of the molecule is Cc1cc(Cn2c(-c3ccccc3)n[nH]c2=S)sc1C. The summed E-state index contributed by atoms with van der Waals surface area (Å²) in [6, 6.07) is 12.3. The Balaban J connectivity index is 2.02. The molecule has 0 fully saturated rings. The molecule has 0 aliphatic carbocycles. The molecular weight excluding hydrogens is 286 g/mol. The van der Waals surface area contributed by atoms with Crippen LogP contribution in [0.25, 0.3) is 11.4 Å². The summed E-state index contributed by atoms with van der Waals surface area (Å²) < 4.78 is 2.71. The highest BCUT2D eigenvalue weighted by Gasteiger charge is 2.10. The van der Waals surface area contributed by atoms with Gasteiger partial charge in [-0.1, -0.05) is 30.3 Å². The van der Waals surface area contributed by atoms with Crippen LogP contribution in [-0.4, -0.2) is 14.8 Å². The molecule has 2 heterocycles. The normalized spacial score (nSPS) is 10.9. The Bertz CT molecular complexity index is 762. The number of nitrogens with zero attached hydrogens (tertiary/aromatic N) is 2. The van der Waals surface area contributed by atoms with Gasteiger partial charge in [0.1, 0.15) is 0 Å². The van der Waals surface area contributed by atoms with Crippen molar-refractivity contribution in [3.63, 3.8) is 0 Å². The maximum atomic E-state index is 5.36. The number of benzene rings is 1. The first kappa shape index (κ1) is 13.3. The molecule has 0 bridgehead atoms. The van der Waals surface area contributed by atoms with Crippen LogP contribution in [0, 0.1) is 18.6 Å². The highest BCUT2D eigenvalue weighted by atomic mass is 32.1. The molecule has 0 atom stereocenters. The third kappa shape index (κ3) is 2.46. The van der Waals surface area contributed by atoms with E-state index in [0.717, 1.165) is 17.9 Å². The molecule has 0 unspecified atom stereocenters. The number of H-pyrrole nitrogens is 1. The molecular formula is C15H15N3S2. The zero-order chi connectivity index (χ0) is 14.1. The van der Waals surface area contributed by atoms with Crippen LogP contribution in [0.3, 0.4) is 0 Å². The Kier molecular flexibility index (Phi) is 3.54. The van der Waals surface area contributed by atoms with Gasteiger partial charge in [0.15, 0.2) is 10.6 Å². The molecule has 2 aromatic heterocycles. The smallest absolute Gasteiger partial charge is 0.195 e. The third-order valence-electron chi connectivity index (χ3n) is 3.32. The molecule has 1 aromatic carbocycles. The van der Waals surface area contributed by atoms with Gasteiger partial charge in [-0.15, -0.1) is 11.3 Å². The zero-order valence-electron chi connectivity index (χ0n) is 11.4. The molecule has 20 heavy (non-hydrogen) atoms. The molecule has 3 nitrogen and oxygen atoms in total. The quantitative estimate of drug-likeness (QED) is 0.730. The molecule has 0 spiro atoms. The fourth-order valence-electron chi connectivity index (χ4n) is 2.16. The first-order valence-corrected chi connectivity index (χ1v) is 7.64. The van der Waals surface area contributed by atoms with Crippen LogP contribution in [0.2, 0.25) is 0 Å². The first-order valence-electron chi connectivity index (χ1n) is 6.41. The molecule has 102 valence electrons. The van der Waals surface area contributed by atoms with E-state index < -0.39 is 0 Å². The van der Waals surface area contributed by atoms with Crippen molar-refractivity contribution in [2.45, 2.75) is 20.4 Å². The van der Waals surface area contributed by atoms with Crippen LogP contribution in [0.5, 0.6) is 0 Å². The van der Waals surface area contributed by atoms with Crippen molar-refractivity contribution >= 4 is 23.6 Å². The second-order valence-electron chi connectivity index (χ2n) is 4.76. The fourth-order valence-corrected chi connectivity index (χ4v) is 3.39. The molecule has 3 rings (SSSR count). The number of hydrogen-bond acceptors (Lipinski definition) is 3. The Morgan fingerprint density at radius 2 is 2.00 bits per heavy atom. The average molecular weight is 301 g/mol. The van der Waals surface area contributed by atoms with Crippen LogP contribution in [-0.2, 0) is 6.54 Å². The van der Waals surface area contributed by atoms with Crippen molar-refractivity contribution in [2.24, 2.45) is 0 Å². The number of rotatable bonds is 3. The summed E-state index contributed by atoms with van der Waals surface area (Å²) in [6.07, 6.45) is 0. The number of nitrogens with one attached hydrogen (secondary N) is 1. The molecule has 1 N–H and O–H groups in total. The van der Waals surface area contributed by atoms with E-state index in [-0.39, 0.29) is 0 Å². The maximum absolute atomic E-state index is 5.36. The highest BCUT2D eigenvalue weighted by molar-refractivity contribution is 7.71. The van der Waals surface area contributed by atoms with Crippen LogP contribution >= 0.6 is 23.6 Å². The molecule has 0 radical (unpaired) electrons. The Morgan fingerprint density at radius 3 is 2.65 bits per heavy atom. The summed E-state index contributed by atoms with van der Waals surface area (Å²) in [5.74, 6) is 0.888. The van der Waals surface area contributed by atoms with Crippen LogP contribution in [0.1, 0.15) is 15.3 Å². The van der Waals surface area contributed by atoms with E-state index in [2.05, 4.69) is 34.7 Å². The summed E-state index contributed by atoms with van der Waals surface area (Å²) in [4.78, 5) is 2.66. The van der Waals surface area contributed by atoms with Gasteiger partial charge >= 0.3 is 0 Å². The molecule has 0 saturated carbocycles. The minimum absolute atomic E-state index is 0.660. The second-order valence-corrected chi connectivity index (χ2v) is 6.48. The van der Waals surface area contributed by atoms with Crippen molar-refractivity contribution in [3.05, 3.63) is 56.5 Å². The van der Waals surface area contributed by atoms with Gasteiger partial charge in [-0.25, -0.2) is 0 Å². The Morgan fingerprint density at radius 1 is 1.25 bits per heavy atom. The second kappa shape index (κ2) is 5.34. The summed E-state index contributed by atoms with van der Waals surface area (Å²) in [7, 11) is 0. The zero-order valence-corrected chi connectivity index (χ0v) is 13.0. The molecule has 0 aliphatic rings. The van der Waals surface area contributed by atoms with Gasteiger partial charge in [-0.3, -0.25) is 9.67 Å². The van der Waals surface area contributed by atoms with E-state index in [1.165, 1.54) is 15.3 Å². The predicted molar refractivity (Wildman–Crippen MR) is 85.7 cm³/mol. The van der Waals surface area contributed by atoms with Gasteiger partial charge in [0, 0.05) is 15.3 Å². The van der Waals surface area contributed by atoms with E-state index in [1.807, 2.05) is 41.7 Å². The first-order chi connectivity index (χ1) is 9.65. The monoisotopic (exact) mass is 301 g/mol. The largest absolute Gasteiger partial charge is 0.295 e. The topological polar surface area (TPSA) is 33.6 Å². The lowest BCUT2D eigenvalue weighted by atomic mass is 10.2. The lowest BCUT2D eigenvalue weighted by molar-refractivity contribution is 0.802. The van der Waals surface area contributed by atoms with Gasteiger partial charge in [0.25, 0.3) is 0 Å². The highest BCUT2D eigenvalue weighted by Crippen LogP contribution is 2.24. The van der Waals surface area contributed by atoms with E-state index in [9.17, 15) is 0 Å². The van der Waals surface area contributed by atoms with Crippen LogP contribution in [0.4, 0.5) is 0 Å². The van der Waals surface area contributed by atoms with Crippen molar-refractivity contribution in [2.75, 3.05) is 0 Å². The number of aryl methyl sites for hydroxylation is 2. The molecule has 3 aromatic rings. The summed E-state index contributed by atoms with van der Waals surface area (Å²) >= 11 is 7.18. The van der Waals surface area contributed by atoms with E-state index in [4.69, 9.17) is 12.2 Å². The van der Waals surface area contributed by atoms with Gasteiger partial charge < -0.3 is 0 Å². The molecule has 0 saturated heterocycles. The predicted octanol–water partition coefficient (Wildman–Crippen LogP) is 4.33. The fraction of sp³-hybridized carbons (Fsp3) is 0.200. The minimum atomic E-state index is 0.660. The number of hydrogen-bond donors (Lipinski definition) is 1.